The van der Waals surface area contributed by atoms with Gasteiger partial charge in [0.15, 0.2) is 5.78 Å². The van der Waals surface area contributed by atoms with Crippen LogP contribution in [0.3, 0.4) is 0 Å². The number of halogens is 3. The van der Waals surface area contributed by atoms with Crippen LogP contribution >= 0.6 is 0 Å². The number of nitrogens with zero attached hydrogens (tertiary/aromatic N) is 1. The Bertz CT molecular complexity index is 344. The Kier molecular flexibility index (Phi) is 3.40. The van der Waals surface area contributed by atoms with Crippen LogP contribution in [0.1, 0.15) is 12.8 Å². The van der Waals surface area contributed by atoms with E-state index >= 15 is 0 Å². The first-order chi connectivity index (χ1) is 7.23. The zero-order chi connectivity index (χ0) is 12.5. The van der Waals surface area contributed by atoms with Crippen molar-refractivity contribution in [3.05, 3.63) is 11.8 Å². The van der Waals surface area contributed by atoms with E-state index in [9.17, 15) is 22.8 Å². The van der Waals surface area contributed by atoms with Crippen LogP contribution in [0.15, 0.2) is 11.8 Å². The molecule has 1 aliphatic rings. The predicted molar refractivity (Wildman–Crippen MR) is 50.6 cm³/mol. The molecule has 0 amide bonds. The van der Waals surface area contributed by atoms with Crippen LogP contribution in [0.4, 0.5) is 13.2 Å². The van der Waals surface area contributed by atoms with E-state index in [1.807, 2.05) is 0 Å². The van der Waals surface area contributed by atoms with E-state index in [1.165, 1.54) is 6.20 Å². The van der Waals surface area contributed by atoms with Crippen molar-refractivity contribution in [2.24, 2.45) is 5.92 Å². The second-order valence-electron chi connectivity index (χ2n) is 3.94. The van der Waals surface area contributed by atoms with Crippen molar-refractivity contribution in [1.29, 1.82) is 0 Å². The summed E-state index contributed by atoms with van der Waals surface area (Å²) in [5, 5.41) is 0. The van der Waals surface area contributed by atoms with Gasteiger partial charge in [0.1, 0.15) is 0 Å². The Morgan fingerprint density at radius 3 is 2.44 bits per heavy atom. The van der Waals surface area contributed by atoms with Gasteiger partial charge in [-0.3, -0.25) is 9.59 Å². The van der Waals surface area contributed by atoms with Crippen molar-refractivity contribution < 1.29 is 22.8 Å². The molecule has 0 aromatic heterocycles. The average molecular weight is 235 g/mol. The van der Waals surface area contributed by atoms with Gasteiger partial charge < -0.3 is 4.90 Å². The first-order valence-corrected chi connectivity index (χ1v) is 4.76. The molecule has 0 saturated heterocycles. The largest absolute Gasteiger partial charge is 0.450 e. The normalized spacial score (nSPS) is 23.9. The van der Waals surface area contributed by atoms with Gasteiger partial charge in [-0.15, -0.1) is 0 Å². The fraction of sp³-hybridized carbons (Fsp3) is 0.600. The lowest BCUT2D eigenvalue weighted by atomic mass is 10.0. The number of ketones is 2. The highest BCUT2D eigenvalue weighted by Gasteiger charge is 2.48. The third-order valence-electron chi connectivity index (χ3n) is 2.35. The fourth-order valence-electron chi connectivity index (χ4n) is 1.67. The van der Waals surface area contributed by atoms with Gasteiger partial charge in [-0.25, -0.2) is 0 Å². The summed E-state index contributed by atoms with van der Waals surface area (Å²) in [6.07, 6.45) is -3.28. The summed E-state index contributed by atoms with van der Waals surface area (Å²) < 4.78 is 36.4. The van der Waals surface area contributed by atoms with E-state index in [0.717, 1.165) is 0 Å². The second kappa shape index (κ2) is 4.27. The molecule has 0 spiro atoms. The molecule has 0 bridgehead atoms. The number of carbonyl (C=O) groups excluding carboxylic acids is 2. The maximum Gasteiger partial charge on any atom is 0.450 e. The van der Waals surface area contributed by atoms with Crippen LogP contribution < -0.4 is 0 Å². The van der Waals surface area contributed by atoms with Crippen LogP contribution in [-0.4, -0.2) is 36.7 Å². The summed E-state index contributed by atoms with van der Waals surface area (Å²) in [6.45, 7) is 0. The number of hydrogen-bond acceptors (Lipinski definition) is 3. The minimum atomic E-state index is -4.92. The molecule has 0 aliphatic heterocycles. The van der Waals surface area contributed by atoms with Gasteiger partial charge in [-0.05, 0) is 12.8 Å². The molecule has 1 fully saturated rings. The molecule has 1 saturated carbocycles. The summed E-state index contributed by atoms with van der Waals surface area (Å²) >= 11 is 0. The highest BCUT2D eigenvalue weighted by molar-refractivity contribution is 6.13. The summed E-state index contributed by atoms with van der Waals surface area (Å²) in [4.78, 5) is 24.0. The van der Waals surface area contributed by atoms with Crippen molar-refractivity contribution in [2.75, 3.05) is 14.1 Å². The maximum atomic E-state index is 12.1. The van der Waals surface area contributed by atoms with Crippen molar-refractivity contribution in [2.45, 2.75) is 19.0 Å². The lowest BCUT2D eigenvalue weighted by Gasteiger charge is -2.10. The standard InChI is InChI=1S/C10H12F3NO2/c1-14(2)5-6-3-4-7(8(6)15)9(16)10(11,12)13/h5,7H,3-4H2,1-2H3. The lowest BCUT2D eigenvalue weighted by Crippen LogP contribution is -2.33. The molecule has 0 aromatic carbocycles. The summed E-state index contributed by atoms with van der Waals surface area (Å²) in [5.41, 5.74) is 0.285. The number of allylic oxidation sites excluding steroid dienone is 1. The molecule has 1 rings (SSSR count). The molecule has 0 N–H and O–H groups in total. The summed E-state index contributed by atoms with van der Waals surface area (Å²) in [5.74, 6) is -4.16. The van der Waals surface area contributed by atoms with E-state index < -0.39 is 23.7 Å². The van der Waals surface area contributed by atoms with Gasteiger partial charge in [0.25, 0.3) is 0 Å². The van der Waals surface area contributed by atoms with E-state index in [2.05, 4.69) is 0 Å². The molecule has 90 valence electrons. The second-order valence-corrected chi connectivity index (χ2v) is 3.94. The monoisotopic (exact) mass is 235 g/mol. The van der Waals surface area contributed by atoms with Crippen molar-refractivity contribution in [3.8, 4) is 0 Å². The molecule has 0 aromatic rings. The van der Waals surface area contributed by atoms with Crippen LogP contribution in [0.25, 0.3) is 0 Å². The van der Waals surface area contributed by atoms with Crippen LogP contribution in [0.5, 0.6) is 0 Å². The molecular formula is C10H12F3NO2. The highest BCUT2D eigenvalue weighted by Crippen LogP contribution is 2.32. The van der Waals surface area contributed by atoms with E-state index in [-0.39, 0.29) is 18.4 Å². The molecule has 1 unspecified atom stereocenters. The molecular weight excluding hydrogens is 223 g/mol. The number of rotatable bonds is 2. The molecule has 0 heterocycles. The highest BCUT2D eigenvalue weighted by atomic mass is 19.4. The maximum absolute atomic E-state index is 12.1. The minimum absolute atomic E-state index is 0.0448. The Balaban J connectivity index is 2.84. The Hall–Kier alpha value is -1.33. The molecule has 3 nitrogen and oxygen atoms in total. The lowest BCUT2D eigenvalue weighted by molar-refractivity contribution is -0.176. The van der Waals surface area contributed by atoms with Crippen LogP contribution in [-0.2, 0) is 9.59 Å². The Labute approximate surface area is 90.9 Å². The zero-order valence-electron chi connectivity index (χ0n) is 8.97. The first kappa shape index (κ1) is 12.7. The zero-order valence-corrected chi connectivity index (χ0v) is 8.97. The molecule has 16 heavy (non-hydrogen) atoms. The van der Waals surface area contributed by atoms with E-state index in [1.54, 1.807) is 19.0 Å². The SMILES string of the molecule is CN(C)C=C1CCC(C(=O)C(F)(F)F)C1=O. The minimum Gasteiger partial charge on any atom is -0.383 e. The summed E-state index contributed by atoms with van der Waals surface area (Å²) in [6, 6.07) is 0. The number of hydrogen-bond donors (Lipinski definition) is 0. The molecule has 1 atom stereocenters. The first-order valence-electron chi connectivity index (χ1n) is 4.76. The number of alkyl halides is 3. The summed E-state index contributed by atoms with van der Waals surface area (Å²) in [7, 11) is 3.33. The van der Waals surface area contributed by atoms with Gasteiger partial charge in [0, 0.05) is 25.9 Å². The van der Waals surface area contributed by atoms with Crippen molar-refractivity contribution >= 4 is 11.6 Å². The topological polar surface area (TPSA) is 37.4 Å². The molecule has 0 radical (unpaired) electrons. The van der Waals surface area contributed by atoms with Crippen LogP contribution in [0.2, 0.25) is 0 Å². The third kappa shape index (κ3) is 2.62. The van der Waals surface area contributed by atoms with Gasteiger partial charge in [0.2, 0.25) is 5.78 Å². The third-order valence-corrected chi connectivity index (χ3v) is 2.35. The fourth-order valence-corrected chi connectivity index (χ4v) is 1.67. The van der Waals surface area contributed by atoms with E-state index in [0.29, 0.717) is 0 Å². The van der Waals surface area contributed by atoms with Gasteiger partial charge in [-0.1, -0.05) is 0 Å². The molecule has 1 aliphatic carbocycles. The van der Waals surface area contributed by atoms with Gasteiger partial charge in [-0.2, -0.15) is 13.2 Å². The van der Waals surface area contributed by atoms with Gasteiger partial charge in [0.05, 0.1) is 5.92 Å². The van der Waals surface area contributed by atoms with Crippen molar-refractivity contribution in [1.82, 2.24) is 4.90 Å². The number of carbonyl (C=O) groups is 2. The molecule has 6 heteroatoms. The van der Waals surface area contributed by atoms with E-state index in [4.69, 9.17) is 0 Å². The van der Waals surface area contributed by atoms with Crippen LogP contribution in [0, 0.1) is 5.92 Å². The average Bonchev–Trinajstić information content (AvgIpc) is 2.45. The number of Topliss-reactive ketones (excluding diaryl/α,β-unsaturated/α-hetero) is 2. The van der Waals surface area contributed by atoms with Gasteiger partial charge >= 0.3 is 6.18 Å². The smallest absolute Gasteiger partial charge is 0.383 e. The quantitative estimate of drug-likeness (QED) is 0.538. The van der Waals surface area contributed by atoms with Crippen molar-refractivity contribution in [3.63, 3.8) is 0 Å². The predicted octanol–water partition coefficient (Wildman–Crippen LogP) is 1.54. The Morgan fingerprint density at radius 1 is 1.44 bits per heavy atom. The Morgan fingerprint density at radius 2 is 2.00 bits per heavy atom.